The van der Waals surface area contributed by atoms with Gasteiger partial charge in [0.1, 0.15) is 0 Å². The summed E-state index contributed by atoms with van der Waals surface area (Å²) in [5, 5.41) is 8.82. The third-order valence-corrected chi connectivity index (χ3v) is 3.39. The summed E-state index contributed by atoms with van der Waals surface area (Å²) in [5.74, 6) is -0.533. The second kappa shape index (κ2) is 6.36. The van der Waals surface area contributed by atoms with Crippen LogP contribution in [0.25, 0.3) is 0 Å². The first kappa shape index (κ1) is 15.2. The second-order valence-electron chi connectivity index (χ2n) is 5.23. The summed E-state index contributed by atoms with van der Waals surface area (Å²) in [6, 6.07) is 6.60. The fourth-order valence-corrected chi connectivity index (χ4v) is 1.74. The Morgan fingerprint density at radius 1 is 1.16 bits per heavy atom. The molecule has 0 aliphatic rings. The van der Waals surface area contributed by atoms with Gasteiger partial charge in [-0.1, -0.05) is 32.9 Å². The van der Waals surface area contributed by atoms with Crippen LogP contribution in [0.5, 0.6) is 0 Å². The molecule has 1 atom stereocenters. The normalized spacial score (nSPS) is 12.3. The molecule has 0 saturated heterocycles. The predicted molar refractivity (Wildman–Crippen MR) is 73.9 cm³/mol. The Balaban J connectivity index is 2.69. The van der Waals surface area contributed by atoms with Gasteiger partial charge in [-0.2, -0.15) is 0 Å². The van der Waals surface area contributed by atoms with Crippen molar-refractivity contribution in [2.45, 2.75) is 27.3 Å². The van der Waals surface area contributed by atoms with E-state index in [0.717, 1.165) is 5.56 Å². The Hall–Kier alpha value is -1.84. The van der Waals surface area contributed by atoms with Gasteiger partial charge in [0.05, 0.1) is 5.56 Å². The molecule has 4 nitrogen and oxygen atoms in total. The maximum Gasteiger partial charge on any atom is 0.335 e. The van der Waals surface area contributed by atoms with Crippen molar-refractivity contribution in [2.24, 2.45) is 11.8 Å². The number of rotatable bonds is 5. The lowest BCUT2D eigenvalue weighted by atomic mass is 9.96. The molecule has 1 aromatic rings. The standard InChI is InChI=1S/C15H21NO3/c1-10(2)11(3)14(17)16(4)9-12-5-7-13(8-6-12)15(18)19/h5-8,10-11H,9H2,1-4H3,(H,18,19). The van der Waals surface area contributed by atoms with Crippen molar-refractivity contribution in [3.63, 3.8) is 0 Å². The minimum absolute atomic E-state index is 0.0108. The van der Waals surface area contributed by atoms with Gasteiger partial charge in [-0.3, -0.25) is 4.79 Å². The van der Waals surface area contributed by atoms with Crippen LogP contribution in [-0.2, 0) is 11.3 Å². The highest BCUT2D eigenvalue weighted by Gasteiger charge is 2.20. The molecular weight excluding hydrogens is 242 g/mol. The van der Waals surface area contributed by atoms with Crippen LogP contribution < -0.4 is 0 Å². The monoisotopic (exact) mass is 263 g/mol. The zero-order chi connectivity index (χ0) is 14.6. The minimum atomic E-state index is -0.940. The highest BCUT2D eigenvalue weighted by atomic mass is 16.4. The summed E-state index contributed by atoms with van der Waals surface area (Å²) in [7, 11) is 1.77. The summed E-state index contributed by atoms with van der Waals surface area (Å²) in [4.78, 5) is 24.5. The largest absolute Gasteiger partial charge is 0.478 e. The molecule has 0 fully saturated rings. The van der Waals surface area contributed by atoms with E-state index in [2.05, 4.69) is 0 Å². The number of hydrogen-bond acceptors (Lipinski definition) is 2. The number of carbonyl (C=O) groups is 2. The quantitative estimate of drug-likeness (QED) is 0.888. The van der Waals surface area contributed by atoms with E-state index in [-0.39, 0.29) is 17.4 Å². The molecular formula is C15H21NO3. The molecule has 1 N–H and O–H groups in total. The van der Waals surface area contributed by atoms with Crippen LogP contribution in [0.15, 0.2) is 24.3 Å². The summed E-state index contributed by atoms with van der Waals surface area (Å²) < 4.78 is 0. The van der Waals surface area contributed by atoms with Gasteiger partial charge >= 0.3 is 5.97 Å². The Labute approximate surface area is 114 Å². The molecule has 104 valence electrons. The Kier molecular flexibility index (Phi) is 5.10. The Bertz CT molecular complexity index is 451. The van der Waals surface area contributed by atoms with Gasteiger partial charge in [-0.05, 0) is 23.6 Å². The number of hydrogen-bond donors (Lipinski definition) is 1. The molecule has 0 radical (unpaired) electrons. The molecule has 1 rings (SSSR count). The zero-order valence-electron chi connectivity index (χ0n) is 11.9. The summed E-state index contributed by atoms with van der Waals surface area (Å²) in [5.41, 5.74) is 1.19. The molecule has 0 saturated carbocycles. The zero-order valence-corrected chi connectivity index (χ0v) is 11.9. The van der Waals surface area contributed by atoms with E-state index in [1.165, 1.54) is 0 Å². The molecule has 1 amide bonds. The van der Waals surface area contributed by atoms with Gasteiger partial charge in [0.25, 0.3) is 0 Å². The van der Waals surface area contributed by atoms with Crippen LogP contribution in [0.2, 0.25) is 0 Å². The molecule has 0 aliphatic carbocycles. The highest BCUT2D eigenvalue weighted by Crippen LogP contribution is 2.14. The first-order chi connectivity index (χ1) is 8.82. The lowest BCUT2D eigenvalue weighted by Gasteiger charge is -2.23. The van der Waals surface area contributed by atoms with E-state index in [4.69, 9.17) is 5.11 Å². The first-order valence-corrected chi connectivity index (χ1v) is 6.40. The number of carboxylic acids is 1. The van der Waals surface area contributed by atoms with Crippen molar-refractivity contribution in [3.05, 3.63) is 35.4 Å². The maximum absolute atomic E-state index is 12.1. The van der Waals surface area contributed by atoms with E-state index >= 15 is 0 Å². The predicted octanol–water partition coefficient (Wildman–Crippen LogP) is 2.64. The summed E-state index contributed by atoms with van der Waals surface area (Å²) >= 11 is 0. The number of carboxylic acid groups (broad SMARTS) is 1. The van der Waals surface area contributed by atoms with Gasteiger partial charge in [-0.15, -0.1) is 0 Å². The van der Waals surface area contributed by atoms with E-state index in [1.54, 1.807) is 36.2 Å². The molecule has 1 unspecified atom stereocenters. The molecule has 19 heavy (non-hydrogen) atoms. The number of amides is 1. The second-order valence-corrected chi connectivity index (χ2v) is 5.23. The summed E-state index contributed by atoms with van der Waals surface area (Å²) in [6.07, 6.45) is 0. The average Bonchev–Trinajstić information content (AvgIpc) is 2.37. The number of nitrogens with zero attached hydrogens (tertiary/aromatic N) is 1. The number of aromatic carboxylic acids is 1. The number of benzene rings is 1. The number of carbonyl (C=O) groups excluding carboxylic acids is 1. The van der Waals surface area contributed by atoms with Crippen molar-refractivity contribution in [1.29, 1.82) is 0 Å². The molecule has 0 aliphatic heterocycles. The van der Waals surface area contributed by atoms with E-state index in [9.17, 15) is 9.59 Å². The van der Waals surface area contributed by atoms with Crippen LogP contribution in [0.4, 0.5) is 0 Å². The highest BCUT2D eigenvalue weighted by molar-refractivity contribution is 5.87. The smallest absolute Gasteiger partial charge is 0.335 e. The van der Waals surface area contributed by atoms with Crippen molar-refractivity contribution in [1.82, 2.24) is 4.90 Å². The van der Waals surface area contributed by atoms with Gasteiger partial charge in [0, 0.05) is 19.5 Å². The fraction of sp³-hybridized carbons (Fsp3) is 0.467. The molecule has 4 heteroatoms. The third-order valence-electron chi connectivity index (χ3n) is 3.39. The molecule has 0 bridgehead atoms. The third kappa shape index (κ3) is 4.09. The van der Waals surface area contributed by atoms with Gasteiger partial charge in [0.15, 0.2) is 0 Å². The van der Waals surface area contributed by atoms with Crippen LogP contribution in [0, 0.1) is 11.8 Å². The van der Waals surface area contributed by atoms with Crippen molar-refractivity contribution < 1.29 is 14.7 Å². The lowest BCUT2D eigenvalue weighted by Crippen LogP contribution is -2.33. The first-order valence-electron chi connectivity index (χ1n) is 6.40. The van der Waals surface area contributed by atoms with Crippen molar-refractivity contribution in [2.75, 3.05) is 7.05 Å². The van der Waals surface area contributed by atoms with Crippen molar-refractivity contribution in [3.8, 4) is 0 Å². The topological polar surface area (TPSA) is 57.6 Å². The van der Waals surface area contributed by atoms with Crippen LogP contribution >= 0.6 is 0 Å². The van der Waals surface area contributed by atoms with E-state index in [0.29, 0.717) is 12.5 Å². The van der Waals surface area contributed by atoms with Gasteiger partial charge in [0.2, 0.25) is 5.91 Å². The Morgan fingerprint density at radius 2 is 1.68 bits per heavy atom. The van der Waals surface area contributed by atoms with Gasteiger partial charge < -0.3 is 10.0 Å². The fourth-order valence-electron chi connectivity index (χ4n) is 1.74. The maximum atomic E-state index is 12.1. The van der Waals surface area contributed by atoms with Crippen LogP contribution in [0.3, 0.4) is 0 Å². The van der Waals surface area contributed by atoms with Crippen LogP contribution in [-0.4, -0.2) is 28.9 Å². The molecule has 0 heterocycles. The molecule has 1 aromatic carbocycles. The van der Waals surface area contributed by atoms with Crippen LogP contribution in [0.1, 0.15) is 36.7 Å². The average molecular weight is 263 g/mol. The van der Waals surface area contributed by atoms with Gasteiger partial charge in [-0.25, -0.2) is 4.79 Å². The minimum Gasteiger partial charge on any atom is -0.478 e. The molecule has 0 spiro atoms. The lowest BCUT2D eigenvalue weighted by molar-refractivity contribution is -0.135. The van der Waals surface area contributed by atoms with Crippen molar-refractivity contribution >= 4 is 11.9 Å². The van der Waals surface area contributed by atoms with E-state index in [1.807, 2.05) is 20.8 Å². The summed E-state index contributed by atoms with van der Waals surface area (Å²) in [6.45, 7) is 6.48. The Morgan fingerprint density at radius 3 is 2.11 bits per heavy atom. The van der Waals surface area contributed by atoms with E-state index < -0.39 is 5.97 Å². The molecule has 0 aromatic heterocycles. The SMILES string of the molecule is CC(C)C(C)C(=O)N(C)Cc1ccc(C(=O)O)cc1.